The van der Waals surface area contributed by atoms with Gasteiger partial charge in [-0.3, -0.25) is 14.9 Å². The third-order valence-corrected chi connectivity index (χ3v) is 3.54. The molecule has 0 aromatic heterocycles. The fourth-order valence-electron chi connectivity index (χ4n) is 2.27. The summed E-state index contributed by atoms with van der Waals surface area (Å²) in [5, 5.41) is 15.5. The van der Waals surface area contributed by atoms with Gasteiger partial charge in [-0.05, 0) is 18.2 Å². The number of para-hydroxylation sites is 1. The Morgan fingerprint density at radius 1 is 1.14 bits per heavy atom. The average molecular weight is 397 g/mol. The minimum Gasteiger partial charge on any atom is -0.452 e. The Hall–Kier alpha value is -3.63. The van der Waals surface area contributed by atoms with Gasteiger partial charge in [0.15, 0.2) is 6.61 Å². The fourth-order valence-corrected chi connectivity index (χ4v) is 2.27. The van der Waals surface area contributed by atoms with Crippen LogP contribution in [-0.2, 0) is 15.7 Å². The van der Waals surface area contributed by atoms with E-state index in [2.05, 4.69) is 5.32 Å². The van der Waals surface area contributed by atoms with Crippen LogP contribution in [0.15, 0.2) is 42.5 Å². The molecule has 0 aliphatic heterocycles. The lowest BCUT2D eigenvalue weighted by atomic mass is 10.1. The summed E-state index contributed by atoms with van der Waals surface area (Å²) in [5.74, 6) is -2.05. The quantitative estimate of drug-likeness (QED) is 0.439. The first-order valence-corrected chi connectivity index (χ1v) is 7.73. The molecule has 0 saturated heterocycles. The summed E-state index contributed by atoms with van der Waals surface area (Å²) < 4.78 is 43.5. The largest absolute Gasteiger partial charge is 0.452 e. The second-order valence-corrected chi connectivity index (χ2v) is 5.40. The van der Waals surface area contributed by atoms with Gasteiger partial charge in [-0.2, -0.15) is 13.2 Å². The second kappa shape index (κ2) is 8.37. The summed E-state index contributed by atoms with van der Waals surface area (Å²) in [6, 6.07) is 7.74. The molecular formula is C17H14F3N3O5. The topological polar surface area (TPSA) is 111 Å². The summed E-state index contributed by atoms with van der Waals surface area (Å²) >= 11 is 0. The van der Waals surface area contributed by atoms with Gasteiger partial charge in [0.25, 0.3) is 11.6 Å². The van der Waals surface area contributed by atoms with Gasteiger partial charge in [0.05, 0.1) is 21.7 Å². The maximum absolute atomic E-state index is 12.9. The number of amides is 1. The molecule has 148 valence electrons. The van der Waals surface area contributed by atoms with Gasteiger partial charge in [0, 0.05) is 24.9 Å². The first-order valence-electron chi connectivity index (χ1n) is 7.73. The Balaban J connectivity index is 2.09. The standard InChI is InChI=1S/C17H14F3N3O5/c1-21-13-7-6-10(23(26)27)8-11(13)16(25)28-9-15(24)22-14-5-3-2-4-12(14)17(18,19)20/h2-8,21H,9H2,1H3,(H,22,24). The summed E-state index contributed by atoms with van der Waals surface area (Å²) in [4.78, 5) is 34.1. The maximum atomic E-state index is 12.9. The van der Waals surface area contributed by atoms with E-state index in [1.807, 2.05) is 5.32 Å². The highest BCUT2D eigenvalue weighted by Crippen LogP contribution is 2.34. The van der Waals surface area contributed by atoms with Gasteiger partial charge in [-0.15, -0.1) is 0 Å². The van der Waals surface area contributed by atoms with Crippen LogP contribution in [0.2, 0.25) is 0 Å². The number of esters is 1. The number of hydrogen-bond donors (Lipinski definition) is 2. The minimum absolute atomic E-state index is 0.194. The summed E-state index contributed by atoms with van der Waals surface area (Å²) in [7, 11) is 1.47. The van der Waals surface area contributed by atoms with Crippen LogP contribution in [0.5, 0.6) is 0 Å². The number of nitrogens with one attached hydrogen (secondary N) is 2. The Morgan fingerprint density at radius 3 is 2.43 bits per heavy atom. The Bertz CT molecular complexity index is 915. The third-order valence-electron chi connectivity index (χ3n) is 3.54. The number of non-ortho nitro benzene ring substituents is 1. The maximum Gasteiger partial charge on any atom is 0.418 e. The van der Waals surface area contributed by atoms with E-state index in [4.69, 9.17) is 4.74 Å². The third kappa shape index (κ3) is 4.96. The van der Waals surface area contributed by atoms with Gasteiger partial charge >= 0.3 is 12.1 Å². The number of nitro benzene ring substituents is 1. The molecule has 0 aliphatic carbocycles. The first kappa shape index (κ1) is 20.7. The van der Waals surface area contributed by atoms with E-state index in [1.54, 1.807) is 0 Å². The highest BCUT2D eigenvalue weighted by Gasteiger charge is 2.33. The van der Waals surface area contributed by atoms with E-state index >= 15 is 0 Å². The van der Waals surface area contributed by atoms with E-state index < -0.39 is 40.8 Å². The van der Waals surface area contributed by atoms with Gasteiger partial charge in [-0.1, -0.05) is 12.1 Å². The van der Waals surface area contributed by atoms with Crippen molar-refractivity contribution in [2.45, 2.75) is 6.18 Å². The number of anilines is 2. The number of alkyl halides is 3. The zero-order chi connectivity index (χ0) is 20.9. The normalized spacial score (nSPS) is 10.9. The van der Waals surface area contributed by atoms with Crippen LogP contribution in [0.4, 0.5) is 30.2 Å². The molecule has 0 spiro atoms. The molecule has 2 aromatic carbocycles. The molecule has 2 aromatic rings. The number of ether oxygens (including phenoxy) is 1. The van der Waals surface area contributed by atoms with Crippen LogP contribution in [0, 0.1) is 10.1 Å². The van der Waals surface area contributed by atoms with E-state index in [1.165, 1.54) is 31.3 Å². The van der Waals surface area contributed by atoms with Gasteiger partial charge in [-0.25, -0.2) is 4.79 Å². The summed E-state index contributed by atoms with van der Waals surface area (Å²) in [6.07, 6.45) is -4.68. The van der Waals surface area contributed by atoms with Crippen molar-refractivity contribution in [1.29, 1.82) is 0 Å². The number of halogens is 3. The van der Waals surface area contributed by atoms with E-state index in [-0.39, 0.29) is 16.9 Å². The van der Waals surface area contributed by atoms with Crippen molar-refractivity contribution in [2.24, 2.45) is 0 Å². The molecule has 0 bridgehead atoms. The van der Waals surface area contributed by atoms with Gasteiger partial charge in [0.2, 0.25) is 0 Å². The molecule has 0 unspecified atom stereocenters. The first-order chi connectivity index (χ1) is 13.1. The molecule has 0 radical (unpaired) electrons. The smallest absolute Gasteiger partial charge is 0.418 e. The monoisotopic (exact) mass is 397 g/mol. The number of hydrogen-bond acceptors (Lipinski definition) is 6. The molecule has 2 rings (SSSR count). The predicted octanol–water partition coefficient (Wildman–Crippen LogP) is 3.45. The molecule has 0 fully saturated rings. The van der Waals surface area contributed by atoms with Crippen molar-refractivity contribution in [1.82, 2.24) is 0 Å². The van der Waals surface area contributed by atoms with E-state index in [0.717, 1.165) is 18.2 Å². The summed E-state index contributed by atoms with van der Waals surface area (Å²) in [6.45, 7) is -0.878. The highest BCUT2D eigenvalue weighted by atomic mass is 19.4. The number of nitrogens with zero attached hydrogens (tertiary/aromatic N) is 1. The number of benzene rings is 2. The van der Waals surface area contributed by atoms with Crippen molar-refractivity contribution in [3.63, 3.8) is 0 Å². The molecule has 1 amide bonds. The summed E-state index contributed by atoms with van der Waals surface area (Å²) in [5.41, 5.74) is -1.87. The van der Waals surface area contributed by atoms with Crippen LogP contribution < -0.4 is 10.6 Å². The molecule has 0 aliphatic rings. The molecule has 0 heterocycles. The van der Waals surface area contributed by atoms with Crippen molar-refractivity contribution in [3.05, 3.63) is 63.7 Å². The molecule has 0 saturated carbocycles. The van der Waals surface area contributed by atoms with Gasteiger partial charge in [0.1, 0.15) is 0 Å². The second-order valence-electron chi connectivity index (χ2n) is 5.40. The predicted molar refractivity (Wildman–Crippen MR) is 93.0 cm³/mol. The van der Waals surface area contributed by atoms with E-state index in [0.29, 0.717) is 0 Å². The van der Waals surface area contributed by atoms with E-state index in [9.17, 15) is 32.9 Å². The molecule has 11 heteroatoms. The molecule has 0 atom stereocenters. The van der Waals surface area contributed by atoms with Crippen molar-refractivity contribution in [3.8, 4) is 0 Å². The minimum atomic E-state index is -4.68. The number of rotatable bonds is 6. The van der Waals surface area contributed by atoms with Crippen LogP contribution in [-0.4, -0.2) is 30.5 Å². The molecule has 28 heavy (non-hydrogen) atoms. The highest BCUT2D eigenvalue weighted by molar-refractivity contribution is 5.99. The number of carbonyl (C=O) groups is 2. The SMILES string of the molecule is CNc1ccc([N+](=O)[O-])cc1C(=O)OCC(=O)Nc1ccccc1C(F)(F)F. The van der Waals surface area contributed by atoms with Crippen LogP contribution >= 0.6 is 0 Å². The molecule has 8 nitrogen and oxygen atoms in total. The van der Waals surface area contributed by atoms with Crippen molar-refractivity contribution >= 4 is 28.9 Å². The van der Waals surface area contributed by atoms with Gasteiger partial charge < -0.3 is 15.4 Å². The fraction of sp³-hybridized carbons (Fsp3) is 0.176. The zero-order valence-corrected chi connectivity index (χ0v) is 14.4. The number of carbonyl (C=O) groups excluding carboxylic acids is 2. The molecule has 2 N–H and O–H groups in total. The van der Waals surface area contributed by atoms with Crippen LogP contribution in [0.1, 0.15) is 15.9 Å². The van der Waals surface area contributed by atoms with Crippen LogP contribution in [0.25, 0.3) is 0 Å². The lowest BCUT2D eigenvalue weighted by Gasteiger charge is -2.14. The zero-order valence-electron chi connectivity index (χ0n) is 14.4. The number of nitro groups is 1. The lowest BCUT2D eigenvalue weighted by molar-refractivity contribution is -0.384. The van der Waals surface area contributed by atoms with Crippen molar-refractivity contribution < 1.29 is 32.4 Å². The lowest BCUT2D eigenvalue weighted by Crippen LogP contribution is -2.23. The Labute approximate surface area is 156 Å². The Morgan fingerprint density at radius 2 is 1.82 bits per heavy atom. The van der Waals surface area contributed by atoms with Crippen LogP contribution in [0.3, 0.4) is 0 Å². The molecular weight excluding hydrogens is 383 g/mol. The van der Waals surface area contributed by atoms with Crippen molar-refractivity contribution in [2.75, 3.05) is 24.3 Å². The Kier molecular flexibility index (Phi) is 6.18. The average Bonchev–Trinajstić information content (AvgIpc) is 2.65.